The summed E-state index contributed by atoms with van der Waals surface area (Å²) in [6.45, 7) is 0. The fraction of sp³-hybridized carbons (Fsp3) is 0.667. The number of alkyl halides is 8. The van der Waals surface area contributed by atoms with Gasteiger partial charge in [-0.15, -0.1) is 0 Å². The van der Waals surface area contributed by atoms with Crippen LogP contribution in [0.3, 0.4) is 0 Å². The first kappa shape index (κ1) is 17.6. The molecule has 0 radical (unpaired) electrons. The van der Waals surface area contributed by atoms with E-state index in [0.717, 1.165) is 0 Å². The third-order valence-corrected chi connectivity index (χ3v) is 5.00. The van der Waals surface area contributed by atoms with E-state index in [9.17, 15) is 40.7 Å². The van der Waals surface area contributed by atoms with E-state index in [1.807, 2.05) is 0 Å². The number of rotatable bonds is 2. The summed E-state index contributed by atoms with van der Waals surface area (Å²) < 4.78 is 68.4. The van der Waals surface area contributed by atoms with Gasteiger partial charge in [0.2, 0.25) is 0 Å². The monoisotopic (exact) mass is 432 g/mol. The molecule has 11 heteroatoms. The van der Waals surface area contributed by atoms with Gasteiger partial charge in [0.1, 0.15) is 0 Å². The summed E-state index contributed by atoms with van der Waals surface area (Å²) in [5.41, 5.74) is 0. The van der Waals surface area contributed by atoms with Gasteiger partial charge >= 0.3 is 12.4 Å². The van der Waals surface area contributed by atoms with Crippen LogP contribution < -0.4 is 0 Å². The molecule has 1 aliphatic rings. The van der Waals surface area contributed by atoms with Crippen molar-refractivity contribution in [3.63, 3.8) is 0 Å². The van der Waals surface area contributed by atoms with Gasteiger partial charge in [0, 0.05) is 0 Å². The van der Waals surface area contributed by atoms with E-state index in [0.29, 0.717) is 0 Å². The topological polar surface area (TPSA) is 51.2 Å². The molecule has 1 aliphatic carbocycles. The SMILES string of the molecule is O=C(C(F)(F)F)[C@]1(Br)CC[C@](Br)(C(=O)C(F)(F)F)C1=O. The Morgan fingerprint density at radius 1 is 0.850 bits per heavy atom. The number of carbonyl (C=O) groups is 3. The van der Waals surface area contributed by atoms with Gasteiger partial charge in [-0.25, -0.2) is 0 Å². The molecule has 0 spiro atoms. The van der Waals surface area contributed by atoms with Gasteiger partial charge in [-0.05, 0) is 12.8 Å². The highest BCUT2D eigenvalue weighted by atomic mass is 79.9. The molecular weight excluding hydrogens is 430 g/mol. The molecule has 20 heavy (non-hydrogen) atoms. The van der Waals surface area contributed by atoms with Crippen LogP contribution in [0.15, 0.2) is 0 Å². The summed E-state index contributed by atoms with van der Waals surface area (Å²) in [6.07, 6.45) is -12.6. The predicted molar refractivity (Wildman–Crippen MR) is 59.7 cm³/mol. The summed E-state index contributed by atoms with van der Waals surface area (Å²) >= 11 is 4.51. The average molecular weight is 434 g/mol. The molecular formula is C9H4Br2F6O3. The van der Waals surface area contributed by atoms with Gasteiger partial charge in [-0.1, -0.05) is 31.9 Å². The molecule has 1 saturated carbocycles. The van der Waals surface area contributed by atoms with Crippen LogP contribution in [0.1, 0.15) is 12.8 Å². The molecule has 1 fully saturated rings. The number of Topliss-reactive ketones (excluding diaryl/α,β-unsaturated/α-hetero) is 3. The second-order valence-electron chi connectivity index (χ2n) is 4.09. The molecule has 3 nitrogen and oxygen atoms in total. The largest absolute Gasteiger partial charge is 0.451 e. The van der Waals surface area contributed by atoms with Crippen molar-refractivity contribution in [1.29, 1.82) is 0 Å². The molecule has 0 amide bonds. The maximum atomic E-state index is 12.4. The third kappa shape index (κ3) is 2.66. The van der Waals surface area contributed by atoms with Gasteiger partial charge in [0.15, 0.2) is 14.4 Å². The van der Waals surface area contributed by atoms with Crippen molar-refractivity contribution >= 4 is 49.2 Å². The molecule has 0 aromatic rings. The van der Waals surface area contributed by atoms with Crippen molar-refractivity contribution in [2.45, 2.75) is 33.8 Å². The van der Waals surface area contributed by atoms with Crippen molar-refractivity contribution in [2.24, 2.45) is 0 Å². The van der Waals surface area contributed by atoms with Gasteiger partial charge in [0.25, 0.3) is 11.6 Å². The highest BCUT2D eigenvalue weighted by molar-refractivity contribution is 9.11. The molecule has 0 aliphatic heterocycles. The summed E-state index contributed by atoms with van der Waals surface area (Å²) in [4.78, 5) is 34.1. The van der Waals surface area contributed by atoms with Crippen LogP contribution in [-0.2, 0) is 14.4 Å². The van der Waals surface area contributed by atoms with Crippen LogP contribution in [0.5, 0.6) is 0 Å². The number of carbonyl (C=O) groups excluding carboxylic acids is 3. The third-order valence-electron chi connectivity index (χ3n) is 2.77. The van der Waals surface area contributed by atoms with Gasteiger partial charge in [-0.2, -0.15) is 26.3 Å². The lowest BCUT2D eigenvalue weighted by Gasteiger charge is -2.24. The smallest absolute Gasteiger partial charge is 0.295 e. The number of hydrogen-bond acceptors (Lipinski definition) is 3. The maximum Gasteiger partial charge on any atom is 0.451 e. The number of ketones is 3. The number of halogens is 8. The Bertz CT molecular complexity index is 443. The van der Waals surface area contributed by atoms with E-state index in [1.165, 1.54) is 0 Å². The van der Waals surface area contributed by atoms with Crippen LogP contribution in [0.25, 0.3) is 0 Å². The molecule has 0 saturated heterocycles. The molecule has 0 unspecified atom stereocenters. The molecule has 114 valence electrons. The molecule has 0 N–H and O–H groups in total. The van der Waals surface area contributed by atoms with Crippen molar-refractivity contribution in [1.82, 2.24) is 0 Å². The van der Waals surface area contributed by atoms with Crippen LogP contribution in [0.2, 0.25) is 0 Å². The Morgan fingerprint density at radius 3 is 1.30 bits per heavy atom. The van der Waals surface area contributed by atoms with E-state index in [-0.39, 0.29) is 0 Å². The Morgan fingerprint density at radius 2 is 1.10 bits per heavy atom. The normalized spacial score (nSPS) is 31.5. The predicted octanol–water partition coefficient (Wildman–Crippen LogP) is 2.88. The Labute approximate surface area is 124 Å². The summed E-state index contributed by atoms with van der Waals surface area (Å²) in [7, 11) is 0. The zero-order valence-corrected chi connectivity index (χ0v) is 12.3. The van der Waals surface area contributed by atoms with E-state index in [2.05, 4.69) is 31.9 Å². The van der Waals surface area contributed by atoms with E-state index in [1.54, 1.807) is 0 Å². The Hall–Kier alpha value is -0.450. The second kappa shape index (κ2) is 4.79. The first-order valence-electron chi connectivity index (χ1n) is 4.83. The first-order valence-corrected chi connectivity index (χ1v) is 6.42. The molecule has 0 bridgehead atoms. The van der Waals surface area contributed by atoms with E-state index < -0.39 is 51.2 Å². The lowest BCUT2D eigenvalue weighted by atomic mass is 9.95. The highest BCUT2D eigenvalue weighted by Gasteiger charge is 2.69. The molecule has 1 rings (SSSR count). The van der Waals surface area contributed by atoms with Gasteiger partial charge in [-0.3, -0.25) is 14.4 Å². The molecule has 0 aromatic carbocycles. The van der Waals surface area contributed by atoms with E-state index >= 15 is 0 Å². The van der Waals surface area contributed by atoms with Gasteiger partial charge in [0.05, 0.1) is 0 Å². The quantitative estimate of drug-likeness (QED) is 0.382. The maximum absolute atomic E-state index is 12.4. The minimum absolute atomic E-state index is 0.878. The van der Waals surface area contributed by atoms with Crippen LogP contribution in [-0.4, -0.2) is 38.4 Å². The van der Waals surface area contributed by atoms with Crippen molar-refractivity contribution < 1.29 is 40.7 Å². The highest BCUT2D eigenvalue weighted by Crippen LogP contribution is 2.50. The zero-order valence-electron chi connectivity index (χ0n) is 9.16. The van der Waals surface area contributed by atoms with Crippen LogP contribution in [0, 0.1) is 0 Å². The van der Waals surface area contributed by atoms with Gasteiger partial charge < -0.3 is 0 Å². The van der Waals surface area contributed by atoms with Crippen molar-refractivity contribution in [3.8, 4) is 0 Å². The number of hydrogen-bond donors (Lipinski definition) is 0. The van der Waals surface area contributed by atoms with Crippen LogP contribution >= 0.6 is 31.9 Å². The Kier molecular flexibility index (Phi) is 4.21. The lowest BCUT2D eigenvalue weighted by Crippen LogP contribution is -2.53. The lowest BCUT2D eigenvalue weighted by molar-refractivity contribution is -0.176. The van der Waals surface area contributed by atoms with E-state index in [4.69, 9.17) is 0 Å². The standard InChI is InChI=1S/C9H4Br2F6O3/c10-6(4(19)8(12,13)14)1-2-7(11,3(6)18)5(20)9(15,16)17/h1-2H2/t6-,7+. The first-order chi connectivity index (χ1) is 8.67. The summed E-state index contributed by atoms with van der Waals surface area (Å²) in [5.74, 6) is -6.87. The van der Waals surface area contributed by atoms with Crippen LogP contribution in [0.4, 0.5) is 26.3 Å². The molecule has 0 heterocycles. The molecule has 2 atom stereocenters. The Balaban J connectivity index is 3.22. The molecule has 0 aromatic heterocycles. The average Bonchev–Trinajstić information content (AvgIpc) is 2.52. The zero-order chi connectivity index (χ0) is 16.1. The van der Waals surface area contributed by atoms with Crippen molar-refractivity contribution in [2.75, 3.05) is 0 Å². The second-order valence-corrected chi connectivity index (χ2v) is 6.79. The summed E-state index contributed by atoms with van der Waals surface area (Å²) in [5, 5.41) is 0. The fourth-order valence-corrected chi connectivity index (χ4v) is 3.56. The minimum Gasteiger partial charge on any atom is -0.295 e. The fourth-order valence-electron chi connectivity index (χ4n) is 1.77. The minimum atomic E-state index is -5.42. The summed E-state index contributed by atoms with van der Waals surface area (Å²) in [6, 6.07) is 0. The van der Waals surface area contributed by atoms with Crippen molar-refractivity contribution in [3.05, 3.63) is 0 Å².